The van der Waals surface area contributed by atoms with Crippen molar-refractivity contribution < 1.29 is 9.90 Å². The van der Waals surface area contributed by atoms with E-state index in [2.05, 4.69) is 5.10 Å². The van der Waals surface area contributed by atoms with Crippen molar-refractivity contribution >= 4 is 11.6 Å². The van der Waals surface area contributed by atoms with Crippen molar-refractivity contribution in [3.63, 3.8) is 0 Å². The second-order valence-electron chi connectivity index (χ2n) is 5.56. The summed E-state index contributed by atoms with van der Waals surface area (Å²) < 4.78 is 0. The van der Waals surface area contributed by atoms with E-state index in [9.17, 15) is 9.90 Å². The van der Waals surface area contributed by atoms with E-state index in [1.807, 2.05) is 43.3 Å². The van der Waals surface area contributed by atoms with Gasteiger partial charge in [-0.2, -0.15) is 5.10 Å². The van der Waals surface area contributed by atoms with Crippen LogP contribution in [0.25, 0.3) is 0 Å². The number of benzene rings is 2. The number of hydrazone groups is 1. The topological polar surface area (TPSA) is 52.9 Å². The maximum Gasteiger partial charge on any atom is 0.240 e. The Morgan fingerprint density at radius 1 is 1.18 bits per heavy atom. The summed E-state index contributed by atoms with van der Waals surface area (Å²) in [6.07, 6.45) is 0.597. The van der Waals surface area contributed by atoms with Crippen LogP contribution in [0.3, 0.4) is 0 Å². The summed E-state index contributed by atoms with van der Waals surface area (Å²) in [6, 6.07) is 15.1. The first-order valence-corrected chi connectivity index (χ1v) is 7.28. The molecule has 4 nitrogen and oxygen atoms in total. The second kappa shape index (κ2) is 5.64. The van der Waals surface area contributed by atoms with Gasteiger partial charge in [-0.05, 0) is 24.6 Å². The lowest BCUT2D eigenvalue weighted by molar-refractivity contribution is -0.130. The molecule has 4 heteroatoms. The van der Waals surface area contributed by atoms with Crippen molar-refractivity contribution in [1.29, 1.82) is 0 Å². The Balaban J connectivity index is 1.96. The molecular formula is C18H18N2O2. The molecule has 0 aromatic heterocycles. The number of amides is 1. The Morgan fingerprint density at radius 3 is 2.50 bits per heavy atom. The van der Waals surface area contributed by atoms with Crippen LogP contribution in [0.5, 0.6) is 5.75 Å². The summed E-state index contributed by atoms with van der Waals surface area (Å²) in [5.41, 5.74) is 3.65. The normalized spacial score (nSPS) is 17.5. The van der Waals surface area contributed by atoms with E-state index in [0.717, 1.165) is 11.3 Å². The Morgan fingerprint density at radius 2 is 1.86 bits per heavy atom. The van der Waals surface area contributed by atoms with Gasteiger partial charge < -0.3 is 5.11 Å². The number of aromatic hydroxyl groups is 1. The zero-order chi connectivity index (χ0) is 15.7. The van der Waals surface area contributed by atoms with Crippen molar-refractivity contribution in [3.05, 3.63) is 65.2 Å². The molecule has 3 rings (SSSR count). The highest BCUT2D eigenvalue weighted by Gasteiger charge is 2.32. The molecule has 0 radical (unpaired) electrons. The average molecular weight is 294 g/mol. The minimum Gasteiger partial charge on any atom is -0.507 e. The van der Waals surface area contributed by atoms with E-state index in [4.69, 9.17) is 0 Å². The third-order valence-electron chi connectivity index (χ3n) is 3.91. The van der Waals surface area contributed by atoms with Crippen molar-refractivity contribution in [2.75, 3.05) is 0 Å². The van der Waals surface area contributed by atoms with Crippen LogP contribution < -0.4 is 0 Å². The lowest BCUT2D eigenvalue weighted by Crippen LogP contribution is -2.24. The quantitative estimate of drug-likeness (QED) is 0.923. The third kappa shape index (κ3) is 2.60. The SMILES string of the molecule is CC(=O)N1N=C(c2ccccc2O)C[C@H]1c1ccc(C)cc1. The summed E-state index contributed by atoms with van der Waals surface area (Å²) in [6.45, 7) is 3.55. The van der Waals surface area contributed by atoms with Crippen molar-refractivity contribution in [1.82, 2.24) is 5.01 Å². The zero-order valence-corrected chi connectivity index (χ0v) is 12.7. The average Bonchev–Trinajstić information content (AvgIpc) is 2.93. The predicted octanol–water partition coefficient (Wildman–Crippen LogP) is 3.40. The second-order valence-corrected chi connectivity index (χ2v) is 5.56. The maximum absolute atomic E-state index is 11.9. The highest BCUT2D eigenvalue weighted by molar-refractivity contribution is 6.05. The van der Waals surface area contributed by atoms with E-state index < -0.39 is 0 Å². The van der Waals surface area contributed by atoms with E-state index in [1.165, 1.54) is 17.5 Å². The van der Waals surface area contributed by atoms with Gasteiger partial charge in [0.25, 0.3) is 0 Å². The van der Waals surface area contributed by atoms with Gasteiger partial charge in [0.1, 0.15) is 5.75 Å². The number of hydrogen-bond acceptors (Lipinski definition) is 3. The highest BCUT2D eigenvalue weighted by atomic mass is 16.3. The fourth-order valence-electron chi connectivity index (χ4n) is 2.73. The molecule has 0 bridgehead atoms. The van der Waals surface area contributed by atoms with Crippen molar-refractivity contribution in [2.45, 2.75) is 26.3 Å². The monoisotopic (exact) mass is 294 g/mol. The molecule has 1 heterocycles. The van der Waals surface area contributed by atoms with Gasteiger partial charge in [0.15, 0.2) is 0 Å². The number of phenolic OH excluding ortho intramolecular Hbond substituents is 1. The Labute approximate surface area is 129 Å². The predicted molar refractivity (Wildman–Crippen MR) is 85.7 cm³/mol. The Bertz CT molecular complexity index is 735. The molecular weight excluding hydrogens is 276 g/mol. The van der Waals surface area contributed by atoms with E-state index in [-0.39, 0.29) is 17.7 Å². The maximum atomic E-state index is 11.9. The standard InChI is InChI=1S/C18H18N2O2/c1-12-7-9-14(10-8-12)17-11-16(19-20(17)13(2)21)15-5-3-4-6-18(15)22/h3-10,17,22H,11H2,1-2H3/t17-/m0/s1. The number of nitrogens with zero attached hydrogens (tertiary/aromatic N) is 2. The van der Waals surface area contributed by atoms with Gasteiger partial charge in [0, 0.05) is 18.9 Å². The summed E-state index contributed by atoms with van der Waals surface area (Å²) >= 11 is 0. The first-order valence-electron chi connectivity index (χ1n) is 7.28. The molecule has 1 aliphatic rings. The number of carbonyl (C=O) groups excluding carboxylic acids is 1. The van der Waals surface area contributed by atoms with E-state index in [1.54, 1.807) is 12.1 Å². The van der Waals surface area contributed by atoms with Crippen LogP contribution in [-0.2, 0) is 4.79 Å². The van der Waals surface area contributed by atoms with Crippen LogP contribution in [0.4, 0.5) is 0 Å². The fraction of sp³-hybridized carbons (Fsp3) is 0.222. The van der Waals surface area contributed by atoms with Gasteiger partial charge in [0.2, 0.25) is 5.91 Å². The number of para-hydroxylation sites is 1. The van der Waals surface area contributed by atoms with Gasteiger partial charge in [-0.25, -0.2) is 5.01 Å². The van der Waals surface area contributed by atoms with Crippen molar-refractivity contribution in [2.24, 2.45) is 5.10 Å². The molecule has 0 unspecified atom stereocenters. The molecule has 1 amide bonds. The number of phenols is 1. The molecule has 0 saturated heterocycles. The molecule has 0 fully saturated rings. The molecule has 112 valence electrons. The molecule has 22 heavy (non-hydrogen) atoms. The van der Waals surface area contributed by atoms with Gasteiger partial charge in [-0.15, -0.1) is 0 Å². The first kappa shape index (κ1) is 14.3. The highest BCUT2D eigenvalue weighted by Crippen LogP contribution is 2.34. The van der Waals surface area contributed by atoms with Crippen LogP contribution in [0, 0.1) is 6.92 Å². The number of rotatable bonds is 2. The minimum atomic E-state index is -0.118. The van der Waals surface area contributed by atoms with Crippen LogP contribution >= 0.6 is 0 Å². The number of hydrogen-bond donors (Lipinski definition) is 1. The fourth-order valence-corrected chi connectivity index (χ4v) is 2.73. The van der Waals surface area contributed by atoms with Crippen LogP contribution in [-0.4, -0.2) is 21.7 Å². The molecule has 1 atom stereocenters. The summed E-state index contributed by atoms with van der Waals surface area (Å²) in [5, 5.41) is 16.0. The number of aryl methyl sites for hydroxylation is 1. The lowest BCUT2D eigenvalue weighted by Gasteiger charge is -2.20. The summed E-state index contributed by atoms with van der Waals surface area (Å²) in [7, 11) is 0. The smallest absolute Gasteiger partial charge is 0.240 e. The Hall–Kier alpha value is -2.62. The molecule has 0 saturated carbocycles. The Kier molecular flexibility index (Phi) is 3.67. The van der Waals surface area contributed by atoms with Gasteiger partial charge >= 0.3 is 0 Å². The minimum absolute atomic E-state index is 0.101. The molecule has 1 aliphatic heterocycles. The molecule has 2 aromatic rings. The van der Waals surface area contributed by atoms with Gasteiger partial charge in [0.05, 0.1) is 11.8 Å². The summed E-state index contributed by atoms with van der Waals surface area (Å²) in [4.78, 5) is 11.9. The zero-order valence-electron chi connectivity index (χ0n) is 12.7. The molecule has 2 aromatic carbocycles. The largest absolute Gasteiger partial charge is 0.507 e. The van der Waals surface area contributed by atoms with Crippen molar-refractivity contribution in [3.8, 4) is 5.75 Å². The van der Waals surface area contributed by atoms with Crippen LogP contribution in [0.1, 0.15) is 36.1 Å². The molecule has 0 aliphatic carbocycles. The third-order valence-corrected chi connectivity index (χ3v) is 3.91. The first-order chi connectivity index (χ1) is 10.6. The van der Waals surface area contributed by atoms with Crippen LogP contribution in [0.15, 0.2) is 53.6 Å². The van der Waals surface area contributed by atoms with Gasteiger partial charge in [-0.1, -0.05) is 42.0 Å². The van der Waals surface area contributed by atoms with Crippen LogP contribution in [0.2, 0.25) is 0 Å². The lowest BCUT2D eigenvalue weighted by atomic mass is 9.97. The molecule has 0 spiro atoms. The van der Waals surface area contributed by atoms with E-state index in [0.29, 0.717) is 12.0 Å². The number of carbonyl (C=O) groups is 1. The summed E-state index contributed by atoms with van der Waals surface area (Å²) in [5.74, 6) is 0.0882. The van der Waals surface area contributed by atoms with E-state index >= 15 is 0 Å². The van der Waals surface area contributed by atoms with Gasteiger partial charge in [-0.3, -0.25) is 4.79 Å². The molecule has 1 N–H and O–H groups in total.